The number of esters is 1. The summed E-state index contributed by atoms with van der Waals surface area (Å²) >= 11 is 1.38. The van der Waals surface area contributed by atoms with Gasteiger partial charge in [-0.3, -0.25) is 9.36 Å². The summed E-state index contributed by atoms with van der Waals surface area (Å²) in [6.45, 7) is 10.6. The second kappa shape index (κ2) is 7.87. The molecule has 1 aromatic carbocycles. The molecule has 2 aromatic heterocycles. The molecule has 0 saturated heterocycles. The van der Waals surface area contributed by atoms with E-state index in [1.165, 1.54) is 11.3 Å². The first-order chi connectivity index (χ1) is 13.9. The Morgan fingerprint density at radius 2 is 1.70 bits per heavy atom. The zero-order chi connectivity index (χ0) is 22.3. The Bertz CT molecular complexity index is 1190. The fourth-order valence-corrected chi connectivity index (χ4v) is 4.43. The summed E-state index contributed by atoms with van der Waals surface area (Å²) in [4.78, 5) is 40.3. The van der Waals surface area contributed by atoms with E-state index >= 15 is 0 Å². The molecule has 0 unspecified atom stereocenters. The van der Waals surface area contributed by atoms with Crippen LogP contribution in [0.25, 0.3) is 10.2 Å². The molecule has 2 heterocycles. The van der Waals surface area contributed by atoms with Crippen LogP contribution in [0.15, 0.2) is 45.3 Å². The van der Waals surface area contributed by atoms with Gasteiger partial charge in [-0.15, -0.1) is 11.3 Å². The smallest absolute Gasteiger partial charge is 0.333 e. The summed E-state index contributed by atoms with van der Waals surface area (Å²) in [5, 5.41) is 2.35. The van der Waals surface area contributed by atoms with Crippen LogP contribution in [0.4, 0.5) is 0 Å². The van der Waals surface area contributed by atoms with Crippen molar-refractivity contribution in [1.82, 2.24) is 9.13 Å². The molecule has 6 nitrogen and oxygen atoms in total. The quantitative estimate of drug-likeness (QED) is 0.579. The van der Waals surface area contributed by atoms with Crippen LogP contribution in [0.5, 0.6) is 0 Å². The van der Waals surface area contributed by atoms with Gasteiger partial charge in [0.15, 0.2) is 0 Å². The molecule has 0 bridgehead atoms. The molecule has 3 rings (SSSR count). The standard InChI is InChI=1S/C23H28N2O4S/c1-15-14-30-19-17(15)18(26)25(23(5,6)20(27)29-22(2,3)4)21(28)24(19)13-12-16-10-8-7-9-11-16/h7-11,14H,12-13H2,1-6H3. The predicted octanol–water partition coefficient (Wildman–Crippen LogP) is 3.85. The third kappa shape index (κ3) is 4.12. The lowest BCUT2D eigenvalue weighted by molar-refractivity contribution is -0.164. The molecule has 0 N–H and O–H groups in total. The van der Waals surface area contributed by atoms with Crippen molar-refractivity contribution in [2.75, 3.05) is 0 Å². The number of nitrogens with zero attached hydrogens (tertiary/aromatic N) is 2. The van der Waals surface area contributed by atoms with Crippen LogP contribution in [0.2, 0.25) is 0 Å². The van der Waals surface area contributed by atoms with Gasteiger partial charge >= 0.3 is 11.7 Å². The van der Waals surface area contributed by atoms with Crippen molar-refractivity contribution >= 4 is 27.5 Å². The van der Waals surface area contributed by atoms with Crippen LogP contribution >= 0.6 is 11.3 Å². The highest BCUT2D eigenvalue weighted by Crippen LogP contribution is 2.24. The molecule has 0 atom stereocenters. The highest BCUT2D eigenvalue weighted by atomic mass is 32.1. The molecule has 160 valence electrons. The minimum Gasteiger partial charge on any atom is -0.458 e. The molecule has 3 aromatic rings. The van der Waals surface area contributed by atoms with Crippen molar-refractivity contribution in [3.8, 4) is 0 Å². The maximum atomic E-state index is 13.5. The molecule has 0 saturated carbocycles. The number of rotatable bonds is 5. The highest BCUT2D eigenvalue weighted by Gasteiger charge is 2.38. The lowest BCUT2D eigenvalue weighted by atomic mass is 10.0. The van der Waals surface area contributed by atoms with Crippen molar-refractivity contribution in [3.05, 3.63) is 67.7 Å². The first kappa shape index (κ1) is 22.0. The maximum absolute atomic E-state index is 13.5. The van der Waals surface area contributed by atoms with E-state index in [1.54, 1.807) is 39.2 Å². The van der Waals surface area contributed by atoms with Crippen molar-refractivity contribution in [2.24, 2.45) is 0 Å². The normalized spacial score (nSPS) is 12.3. The number of benzene rings is 1. The Balaban J connectivity index is 2.18. The number of ether oxygens (including phenoxy) is 1. The van der Waals surface area contributed by atoms with Crippen molar-refractivity contribution in [2.45, 2.75) is 65.6 Å². The van der Waals surface area contributed by atoms with Gasteiger partial charge in [0, 0.05) is 6.54 Å². The van der Waals surface area contributed by atoms with E-state index in [2.05, 4.69) is 0 Å². The molecule has 0 spiro atoms. The largest absolute Gasteiger partial charge is 0.458 e. The predicted molar refractivity (Wildman–Crippen MR) is 120 cm³/mol. The summed E-state index contributed by atoms with van der Waals surface area (Å²) in [5.74, 6) is -0.615. The Kier molecular flexibility index (Phi) is 5.78. The van der Waals surface area contributed by atoms with E-state index < -0.39 is 28.4 Å². The van der Waals surface area contributed by atoms with Gasteiger partial charge in [0.05, 0.1) is 5.39 Å². The molecule has 0 amide bonds. The van der Waals surface area contributed by atoms with Crippen molar-refractivity contribution < 1.29 is 9.53 Å². The van der Waals surface area contributed by atoms with E-state index in [1.807, 2.05) is 42.6 Å². The third-order valence-electron chi connectivity index (χ3n) is 4.96. The molecule has 0 aliphatic rings. The molecular weight excluding hydrogens is 400 g/mol. The molecule has 0 aliphatic carbocycles. The number of carbonyl (C=O) groups excluding carboxylic acids is 1. The first-order valence-electron chi connectivity index (χ1n) is 9.95. The summed E-state index contributed by atoms with van der Waals surface area (Å²) in [7, 11) is 0. The third-order valence-corrected chi connectivity index (χ3v) is 6.08. The number of fused-ring (bicyclic) bond motifs is 1. The summed E-state index contributed by atoms with van der Waals surface area (Å²) < 4.78 is 8.17. The van der Waals surface area contributed by atoms with Gasteiger partial charge < -0.3 is 4.74 Å². The van der Waals surface area contributed by atoms with Crippen LogP contribution in [0.1, 0.15) is 45.7 Å². The fourth-order valence-electron chi connectivity index (χ4n) is 3.37. The lowest BCUT2D eigenvalue weighted by Gasteiger charge is -2.30. The van der Waals surface area contributed by atoms with Gasteiger partial charge in [-0.05, 0) is 64.5 Å². The summed E-state index contributed by atoms with van der Waals surface area (Å²) in [6.07, 6.45) is 0.637. The Morgan fingerprint density at radius 3 is 2.30 bits per heavy atom. The minimum atomic E-state index is -1.45. The summed E-state index contributed by atoms with van der Waals surface area (Å²) in [5.41, 5.74) is -1.25. The number of aromatic nitrogens is 2. The second-order valence-electron chi connectivity index (χ2n) is 8.97. The molecule has 0 radical (unpaired) electrons. The molecular formula is C23H28N2O4S. The average molecular weight is 429 g/mol. The highest BCUT2D eigenvalue weighted by molar-refractivity contribution is 7.17. The Morgan fingerprint density at radius 1 is 1.07 bits per heavy atom. The monoisotopic (exact) mass is 428 g/mol. The van der Waals surface area contributed by atoms with Crippen LogP contribution < -0.4 is 11.2 Å². The van der Waals surface area contributed by atoms with Gasteiger partial charge in [-0.2, -0.15) is 0 Å². The van der Waals surface area contributed by atoms with Crippen LogP contribution in [0.3, 0.4) is 0 Å². The molecule has 0 fully saturated rings. The zero-order valence-corrected chi connectivity index (χ0v) is 19.1. The number of thiophene rings is 1. The number of hydrogen-bond donors (Lipinski definition) is 0. The average Bonchev–Trinajstić information content (AvgIpc) is 3.02. The molecule has 7 heteroatoms. The number of hydrogen-bond acceptors (Lipinski definition) is 5. The van der Waals surface area contributed by atoms with E-state index in [-0.39, 0.29) is 0 Å². The van der Waals surface area contributed by atoms with Gasteiger partial charge in [-0.1, -0.05) is 30.3 Å². The summed E-state index contributed by atoms with van der Waals surface area (Å²) in [6, 6.07) is 9.86. The van der Waals surface area contributed by atoms with E-state index in [4.69, 9.17) is 4.74 Å². The Hall–Kier alpha value is -2.67. The number of carbonyl (C=O) groups is 1. The fraction of sp³-hybridized carbons (Fsp3) is 0.435. The lowest BCUT2D eigenvalue weighted by Crippen LogP contribution is -2.54. The van der Waals surface area contributed by atoms with Crippen molar-refractivity contribution in [3.63, 3.8) is 0 Å². The van der Waals surface area contributed by atoms with E-state index in [9.17, 15) is 14.4 Å². The van der Waals surface area contributed by atoms with Crippen LogP contribution in [-0.4, -0.2) is 20.7 Å². The maximum Gasteiger partial charge on any atom is 0.333 e. The second-order valence-corrected chi connectivity index (χ2v) is 9.83. The van der Waals surface area contributed by atoms with Crippen LogP contribution in [-0.2, 0) is 28.0 Å². The van der Waals surface area contributed by atoms with E-state index in [0.717, 1.165) is 15.7 Å². The molecule has 30 heavy (non-hydrogen) atoms. The first-order valence-corrected chi connectivity index (χ1v) is 10.8. The SMILES string of the molecule is Cc1csc2c1c(=O)n(C(C)(C)C(=O)OC(C)(C)C)c(=O)n2CCc1ccccc1. The van der Waals surface area contributed by atoms with Gasteiger partial charge in [0.1, 0.15) is 16.0 Å². The minimum absolute atomic E-state index is 0.407. The number of aryl methyl sites for hydroxylation is 3. The zero-order valence-electron chi connectivity index (χ0n) is 18.3. The van der Waals surface area contributed by atoms with Gasteiger partial charge in [-0.25, -0.2) is 14.2 Å². The van der Waals surface area contributed by atoms with E-state index in [0.29, 0.717) is 23.2 Å². The topological polar surface area (TPSA) is 70.3 Å². The van der Waals surface area contributed by atoms with Crippen LogP contribution in [0, 0.1) is 6.92 Å². The Labute approximate surface area is 179 Å². The van der Waals surface area contributed by atoms with Gasteiger partial charge in [0.25, 0.3) is 5.56 Å². The van der Waals surface area contributed by atoms with Gasteiger partial charge in [0.2, 0.25) is 0 Å². The van der Waals surface area contributed by atoms with Crippen molar-refractivity contribution in [1.29, 1.82) is 0 Å². The molecule has 0 aliphatic heterocycles.